The first-order valence-electron chi connectivity index (χ1n) is 8.80. The zero-order valence-electron chi connectivity index (χ0n) is 15.7. The molecule has 1 amide bonds. The van der Waals surface area contributed by atoms with Gasteiger partial charge in [-0.25, -0.2) is 4.79 Å². The normalized spacial score (nSPS) is 12.0. The van der Waals surface area contributed by atoms with E-state index in [1.54, 1.807) is 0 Å². The zero-order chi connectivity index (χ0) is 18.7. The van der Waals surface area contributed by atoms with Crippen molar-refractivity contribution >= 4 is 17.7 Å². The molecule has 5 heteroatoms. The van der Waals surface area contributed by atoms with E-state index < -0.39 is 11.7 Å². The molecule has 0 atom stereocenters. The fourth-order valence-corrected chi connectivity index (χ4v) is 2.26. The molecule has 0 spiro atoms. The standard InChI is InChI=1S/C20H30ClNO3/c1-5-6-13-24-18-11-9-16(10-12-18)7-8-17(14-21)15-22-19(23)25-20(2,3)4/h9-12,14H,5-8,13,15H2,1-4H3,(H,22,23)/b17-14-. The van der Waals surface area contributed by atoms with E-state index in [1.807, 2.05) is 32.9 Å². The molecule has 1 aromatic carbocycles. The van der Waals surface area contributed by atoms with Crippen LogP contribution in [-0.2, 0) is 11.2 Å². The predicted octanol–water partition coefficient (Wildman–Crippen LogP) is 5.45. The molecule has 0 heterocycles. The Morgan fingerprint density at radius 1 is 1.24 bits per heavy atom. The Hall–Kier alpha value is -1.68. The molecule has 0 radical (unpaired) electrons. The molecule has 0 saturated carbocycles. The van der Waals surface area contributed by atoms with Gasteiger partial charge in [-0.05, 0) is 63.3 Å². The van der Waals surface area contributed by atoms with Crippen molar-refractivity contribution in [2.45, 2.75) is 59.0 Å². The minimum Gasteiger partial charge on any atom is -0.494 e. The van der Waals surface area contributed by atoms with Crippen molar-refractivity contribution < 1.29 is 14.3 Å². The van der Waals surface area contributed by atoms with Gasteiger partial charge in [-0.15, -0.1) is 0 Å². The zero-order valence-corrected chi connectivity index (χ0v) is 16.5. The van der Waals surface area contributed by atoms with E-state index in [4.69, 9.17) is 21.1 Å². The van der Waals surface area contributed by atoms with Crippen molar-refractivity contribution in [1.82, 2.24) is 5.32 Å². The molecule has 0 aliphatic carbocycles. The van der Waals surface area contributed by atoms with Crippen molar-refractivity contribution in [1.29, 1.82) is 0 Å². The van der Waals surface area contributed by atoms with E-state index in [0.29, 0.717) is 6.54 Å². The number of hydrogen-bond donors (Lipinski definition) is 1. The van der Waals surface area contributed by atoms with E-state index in [1.165, 1.54) is 11.1 Å². The van der Waals surface area contributed by atoms with Crippen LogP contribution in [0, 0.1) is 0 Å². The highest BCUT2D eigenvalue weighted by Gasteiger charge is 2.15. The van der Waals surface area contributed by atoms with Crippen molar-refractivity contribution in [3.63, 3.8) is 0 Å². The fraction of sp³-hybridized carbons (Fsp3) is 0.550. The number of aryl methyl sites for hydroxylation is 1. The molecule has 25 heavy (non-hydrogen) atoms. The van der Waals surface area contributed by atoms with Crippen LogP contribution in [0.2, 0.25) is 0 Å². The summed E-state index contributed by atoms with van der Waals surface area (Å²) in [4.78, 5) is 11.7. The Kier molecular flexibility index (Phi) is 9.43. The monoisotopic (exact) mass is 367 g/mol. The molecule has 0 saturated heterocycles. The van der Waals surface area contributed by atoms with Gasteiger partial charge in [0.15, 0.2) is 0 Å². The number of nitrogens with one attached hydrogen (secondary N) is 1. The van der Waals surface area contributed by atoms with Crippen LogP contribution in [0.1, 0.15) is 52.5 Å². The van der Waals surface area contributed by atoms with Gasteiger partial charge in [0.1, 0.15) is 11.4 Å². The second-order valence-corrected chi connectivity index (χ2v) is 7.19. The van der Waals surface area contributed by atoms with Crippen LogP contribution < -0.4 is 10.1 Å². The Morgan fingerprint density at radius 3 is 2.48 bits per heavy atom. The van der Waals surface area contributed by atoms with Gasteiger partial charge in [-0.1, -0.05) is 37.1 Å². The third-order valence-corrected chi connectivity index (χ3v) is 3.75. The Balaban J connectivity index is 2.38. The topological polar surface area (TPSA) is 47.6 Å². The van der Waals surface area contributed by atoms with Crippen molar-refractivity contribution in [2.24, 2.45) is 0 Å². The summed E-state index contributed by atoms with van der Waals surface area (Å²) in [6, 6.07) is 8.12. The molecule has 0 aliphatic rings. The summed E-state index contributed by atoms with van der Waals surface area (Å²) in [6.07, 6.45) is 3.38. The second-order valence-electron chi connectivity index (χ2n) is 6.97. The van der Waals surface area contributed by atoms with Gasteiger partial charge >= 0.3 is 6.09 Å². The summed E-state index contributed by atoms with van der Waals surface area (Å²) in [5.41, 5.74) is 3.18. The number of amides is 1. The predicted molar refractivity (Wildman–Crippen MR) is 103 cm³/mol. The first-order valence-corrected chi connectivity index (χ1v) is 9.24. The number of halogens is 1. The van der Waals surface area contributed by atoms with Gasteiger partial charge in [-0.2, -0.15) is 0 Å². The largest absolute Gasteiger partial charge is 0.494 e. The smallest absolute Gasteiger partial charge is 0.407 e. The molecule has 0 fully saturated rings. The van der Waals surface area contributed by atoms with Gasteiger partial charge in [-0.3, -0.25) is 0 Å². The number of carbonyl (C=O) groups is 1. The molecular weight excluding hydrogens is 338 g/mol. The highest BCUT2D eigenvalue weighted by atomic mass is 35.5. The maximum atomic E-state index is 11.7. The first kappa shape index (κ1) is 21.4. The lowest BCUT2D eigenvalue weighted by Crippen LogP contribution is -2.33. The summed E-state index contributed by atoms with van der Waals surface area (Å²) < 4.78 is 10.9. The van der Waals surface area contributed by atoms with E-state index in [2.05, 4.69) is 24.4 Å². The minimum absolute atomic E-state index is 0.386. The average molecular weight is 368 g/mol. The molecule has 0 bridgehead atoms. The Morgan fingerprint density at radius 2 is 1.92 bits per heavy atom. The summed E-state index contributed by atoms with van der Waals surface area (Å²) in [6.45, 7) is 8.79. The van der Waals surface area contributed by atoms with E-state index in [9.17, 15) is 4.79 Å². The van der Waals surface area contributed by atoms with Crippen LogP contribution in [0.4, 0.5) is 4.79 Å². The maximum Gasteiger partial charge on any atom is 0.407 e. The van der Waals surface area contributed by atoms with Gasteiger partial charge in [0.25, 0.3) is 0 Å². The van der Waals surface area contributed by atoms with Gasteiger partial charge in [0.05, 0.1) is 6.61 Å². The number of rotatable bonds is 9. The number of benzene rings is 1. The fourth-order valence-electron chi connectivity index (χ4n) is 2.07. The minimum atomic E-state index is -0.504. The van der Waals surface area contributed by atoms with Crippen LogP contribution in [0.25, 0.3) is 0 Å². The van der Waals surface area contributed by atoms with Crippen LogP contribution in [0.5, 0.6) is 5.75 Å². The van der Waals surface area contributed by atoms with Crippen LogP contribution in [0.3, 0.4) is 0 Å². The lowest BCUT2D eigenvalue weighted by atomic mass is 10.1. The summed E-state index contributed by atoms with van der Waals surface area (Å²) >= 11 is 5.87. The lowest BCUT2D eigenvalue weighted by molar-refractivity contribution is 0.0532. The van der Waals surface area contributed by atoms with E-state index >= 15 is 0 Å². The van der Waals surface area contributed by atoms with Gasteiger partial charge in [0, 0.05) is 12.1 Å². The molecule has 140 valence electrons. The number of carbonyl (C=O) groups excluding carboxylic acids is 1. The number of unbranched alkanes of at least 4 members (excludes halogenated alkanes) is 1. The Labute approximate surface area is 156 Å². The second kappa shape index (κ2) is 11.0. The highest BCUT2D eigenvalue weighted by Crippen LogP contribution is 2.16. The lowest BCUT2D eigenvalue weighted by Gasteiger charge is -2.20. The number of alkyl carbamates (subject to hydrolysis) is 1. The van der Waals surface area contributed by atoms with E-state index in [-0.39, 0.29) is 0 Å². The SMILES string of the molecule is CCCCOc1ccc(CC/C(=C/Cl)CNC(=O)OC(C)(C)C)cc1. The van der Waals surface area contributed by atoms with Gasteiger partial charge in [0.2, 0.25) is 0 Å². The number of ether oxygens (including phenoxy) is 2. The van der Waals surface area contributed by atoms with E-state index in [0.717, 1.165) is 43.6 Å². The van der Waals surface area contributed by atoms with Crippen LogP contribution >= 0.6 is 11.6 Å². The van der Waals surface area contributed by atoms with Crippen LogP contribution in [-0.4, -0.2) is 24.8 Å². The molecule has 0 unspecified atom stereocenters. The summed E-state index contributed by atoms with van der Waals surface area (Å²) in [5.74, 6) is 0.900. The summed E-state index contributed by atoms with van der Waals surface area (Å²) in [5, 5.41) is 2.73. The molecule has 0 aliphatic heterocycles. The van der Waals surface area contributed by atoms with Crippen molar-refractivity contribution in [2.75, 3.05) is 13.2 Å². The quantitative estimate of drug-likeness (QED) is 0.590. The molecule has 1 aromatic rings. The molecule has 0 aromatic heterocycles. The maximum absolute atomic E-state index is 11.7. The first-order chi connectivity index (χ1) is 11.8. The molecule has 1 N–H and O–H groups in total. The molecule has 1 rings (SSSR count). The average Bonchev–Trinajstić information content (AvgIpc) is 2.55. The summed E-state index contributed by atoms with van der Waals surface area (Å²) in [7, 11) is 0. The van der Waals surface area contributed by atoms with Crippen molar-refractivity contribution in [3.8, 4) is 5.75 Å². The molecule has 4 nitrogen and oxygen atoms in total. The highest BCUT2D eigenvalue weighted by molar-refractivity contribution is 6.25. The van der Waals surface area contributed by atoms with Gasteiger partial charge < -0.3 is 14.8 Å². The molecular formula is C20H30ClNO3. The third kappa shape index (κ3) is 10.0. The third-order valence-electron chi connectivity index (χ3n) is 3.44. The van der Waals surface area contributed by atoms with Crippen LogP contribution in [0.15, 0.2) is 35.4 Å². The Bertz CT molecular complexity index is 547. The van der Waals surface area contributed by atoms with Crippen molar-refractivity contribution in [3.05, 3.63) is 40.9 Å². The number of hydrogen-bond acceptors (Lipinski definition) is 3.